The van der Waals surface area contributed by atoms with Gasteiger partial charge in [-0.1, -0.05) is 0 Å². The van der Waals surface area contributed by atoms with Crippen molar-refractivity contribution in [1.82, 2.24) is 9.69 Å². The van der Waals surface area contributed by atoms with Gasteiger partial charge >= 0.3 is 5.97 Å². The topological polar surface area (TPSA) is 97.5 Å². The predicted octanol–water partition coefficient (Wildman–Crippen LogP) is 0.474. The average Bonchev–Trinajstić information content (AvgIpc) is 2.71. The lowest BCUT2D eigenvalue weighted by atomic mass is 10.3. The Kier molecular flexibility index (Phi) is 5.56. The molecular formula is C11H18N4O3S. The number of nitrogens with zero attached hydrogens (tertiary/aromatic N) is 2. The summed E-state index contributed by atoms with van der Waals surface area (Å²) in [6.45, 7) is 4.50. The van der Waals surface area contributed by atoms with Crippen molar-refractivity contribution < 1.29 is 14.3 Å². The SMILES string of the molecule is CCNC(=O)CN(C)c1snc(N)c1C(=O)OCC. The summed E-state index contributed by atoms with van der Waals surface area (Å²) in [6.07, 6.45) is 0. The highest BCUT2D eigenvalue weighted by atomic mass is 32.1. The van der Waals surface area contributed by atoms with Crippen LogP contribution in [0.15, 0.2) is 0 Å². The van der Waals surface area contributed by atoms with E-state index in [4.69, 9.17) is 10.5 Å². The van der Waals surface area contributed by atoms with Crippen LogP contribution in [-0.2, 0) is 9.53 Å². The van der Waals surface area contributed by atoms with Gasteiger partial charge in [0.25, 0.3) is 0 Å². The summed E-state index contributed by atoms with van der Waals surface area (Å²) in [5, 5.41) is 3.21. The number of likely N-dealkylation sites (N-methyl/N-ethyl adjacent to an activating group) is 2. The third-order valence-corrected chi connectivity index (χ3v) is 3.26. The first-order chi connectivity index (χ1) is 9.01. The van der Waals surface area contributed by atoms with Crippen molar-refractivity contribution in [2.75, 3.05) is 37.4 Å². The first-order valence-electron chi connectivity index (χ1n) is 5.91. The lowest BCUT2D eigenvalue weighted by Crippen LogP contribution is -2.35. The van der Waals surface area contributed by atoms with Crippen molar-refractivity contribution in [3.63, 3.8) is 0 Å². The number of nitrogens with one attached hydrogen (secondary N) is 1. The van der Waals surface area contributed by atoms with Gasteiger partial charge in [0.05, 0.1) is 13.2 Å². The Bertz CT molecular complexity index is 461. The Morgan fingerprint density at radius 2 is 2.16 bits per heavy atom. The molecule has 1 heterocycles. The zero-order valence-corrected chi connectivity index (χ0v) is 12.0. The largest absolute Gasteiger partial charge is 0.462 e. The van der Waals surface area contributed by atoms with Crippen LogP contribution in [0.4, 0.5) is 10.8 Å². The maximum atomic E-state index is 11.8. The molecule has 106 valence electrons. The van der Waals surface area contributed by atoms with Crippen molar-refractivity contribution in [2.45, 2.75) is 13.8 Å². The van der Waals surface area contributed by atoms with Crippen molar-refractivity contribution in [3.8, 4) is 0 Å². The molecule has 3 N–H and O–H groups in total. The Morgan fingerprint density at radius 1 is 1.47 bits per heavy atom. The molecule has 1 aromatic rings. The number of aromatic nitrogens is 1. The molecule has 0 fully saturated rings. The number of carbonyl (C=O) groups excluding carboxylic acids is 2. The van der Waals surface area contributed by atoms with Gasteiger partial charge in [-0.25, -0.2) is 4.79 Å². The van der Waals surface area contributed by atoms with Gasteiger partial charge in [0, 0.05) is 13.6 Å². The fourth-order valence-corrected chi connectivity index (χ4v) is 2.25. The maximum Gasteiger partial charge on any atom is 0.345 e. The van der Waals surface area contributed by atoms with Gasteiger partial charge in [0.2, 0.25) is 5.91 Å². The van der Waals surface area contributed by atoms with Crippen LogP contribution in [0.1, 0.15) is 24.2 Å². The minimum atomic E-state index is -0.522. The van der Waals surface area contributed by atoms with Gasteiger partial charge in [-0.3, -0.25) is 4.79 Å². The number of rotatable bonds is 6. The lowest BCUT2D eigenvalue weighted by molar-refractivity contribution is -0.119. The standard InChI is InChI=1S/C11H18N4O3S/c1-4-13-7(16)6-15(3)10-8(9(12)14-19-10)11(17)18-5-2/h4-6H2,1-3H3,(H2,12,14)(H,13,16). The minimum absolute atomic E-state index is 0.126. The van der Waals surface area contributed by atoms with Crippen LogP contribution in [-0.4, -0.2) is 43.0 Å². The Hall–Kier alpha value is -1.83. The van der Waals surface area contributed by atoms with E-state index in [-0.39, 0.29) is 30.4 Å². The van der Waals surface area contributed by atoms with Crippen LogP contribution >= 0.6 is 11.5 Å². The molecule has 0 aliphatic rings. The van der Waals surface area contributed by atoms with E-state index in [1.165, 1.54) is 0 Å². The van der Waals surface area contributed by atoms with E-state index in [1.54, 1.807) is 18.9 Å². The number of nitrogen functional groups attached to an aromatic ring is 1. The van der Waals surface area contributed by atoms with Crippen molar-refractivity contribution in [2.24, 2.45) is 0 Å². The molecule has 0 saturated heterocycles. The number of esters is 1. The van der Waals surface area contributed by atoms with Gasteiger partial charge in [0.15, 0.2) is 5.82 Å². The fourth-order valence-electron chi connectivity index (χ4n) is 1.49. The van der Waals surface area contributed by atoms with E-state index < -0.39 is 5.97 Å². The Labute approximate surface area is 115 Å². The molecule has 0 radical (unpaired) electrons. The van der Waals surface area contributed by atoms with E-state index in [9.17, 15) is 9.59 Å². The predicted molar refractivity (Wildman–Crippen MR) is 74.4 cm³/mol. The molecule has 0 spiro atoms. The summed E-state index contributed by atoms with van der Waals surface area (Å²) in [5.41, 5.74) is 5.89. The lowest BCUT2D eigenvalue weighted by Gasteiger charge is -2.17. The zero-order chi connectivity index (χ0) is 14.4. The molecule has 0 aliphatic heterocycles. The van der Waals surface area contributed by atoms with Crippen LogP contribution in [0.5, 0.6) is 0 Å². The number of carbonyl (C=O) groups is 2. The van der Waals surface area contributed by atoms with E-state index in [0.717, 1.165) is 11.5 Å². The Morgan fingerprint density at radius 3 is 2.74 bits per heavy atom. The number of hydrogen-bond donors (Lipinski definition) is 2. The molecule has 0 unspecified atom stereocenters. The van der Waals surface area contributed by atoms with Gasteiger partial charge in [-0.15, -0.1) is 0 Å². The van der Waals surface area contributed by atoms with E-state index in [2.05, 4.69) is 9.69 Å². The van der Waals surface area contributed by atoms with E-state index >= 15 is 0 Å². The third kappa shape index (κ3) is 3.82. The molecule has 7 nitrogen and oxygen atoms in total. The second-order valence-corrected chi connectivity index (χ2v) is 4.53. The highest BCUT2D eigenvalue weighted by Gasteiger charge is 2.23. The fraction of sp³-hybridized carbons (Fsp3) is 0.545. The summed E-state index contributed by atoms with van der Waals surface area (Å²) < 4.78 is 8.87. The number of nitrogens with two attached hydrogens (primary N) is 1. The highest BCUT2D eigenvalue weighted by molar-refractivity contribution is 7.11. The molecule has 19 heavy (non-hydrogen) atoms. The smallest absolute Gasteiger partial charge is 0.345 e. The van der Waals surface area contributed by atoms with Gasteiger partial charge in [-0.2, -0.15) is 4.37 Å². The van der Waals surface area contributed by atoms with E-state index in [1.807, 2.05) is 6.92 Å². The van der Waals surface area contributed by atoms with Crippen LogP contribution in [0, 0.1) is 0 Å². The summed E-state index contributed by atoms with van der Waals surface area (Å²) in [7, 11) is 1.70. The second-order valence-electron chi connectivity index (χ2n) is 3.78. The van der Waals surface area contributed by atoms with Crippen molar-refractivity contribution in [1.29, 1.82) is 0 Å². The molecular weight excluding hydrogens is 268 g/mol. The van der Waals surface area contributed by atoms with Crippen LogP contribution in [0.3, 0.4) is 0 Å². The molecule has 1 rings (SSSR count). The molecule has 0 atom stereocenters. The number of hydrogen-bond acceptors (Lipinski definition) is 7. The van der Waals surface area contributed by atoms with Crippen LogP contribution < -0.4 is 16.0 Å². The van der Waals surface area contributed by atoms with Crippen molar-refractivity contribution >= 4 is 34.2 Å². The summed E-state index contributed by atoms with van der Waals surface area (Å²) >= 11 is 1.07. The average molecular weight is 286 g/mol. The monoisotopic (exact) mass is 286 g/mol. The summed E-state index contributed by atoms with van der Waals surface area (Å²) in [6, 6.07) is 0. The molecule has 1 amide bonds. The minimum Gasteiger partial charge on any atom is -0.462 e. The molecule has 0 aromatic carbocycles. The van der Waals surface area contributed by atoms with Crippen LogP contribution in [0.25, 0.3) is 0 Å². The highest BCUT2D eigenvalue weighted by Crippen LogP contribution is 2.30. The second kappa shape index (κ2) is 6.93. The molecule has 8 heteroatoms. The number of anilines is 2. The summed E-state index contributed by atoms with van der Waals surface area (Å²) in [4.78, 5) is 25.0. The summed E-state index contributed by atoms with van der Waals surface area (Å²) in [5.74, 6) is -0.528. The van der Waals surface area contributed by atoms with Crippen LogP contribution in [0.2, 0.25) is 0 Å². The third-order valence-electron chi connectivity index (χ3n) is 2.28. The van der Waals surface area contributed by atoms with E-state index in [0.29, 0.717) is 11.5 Å². The molecule has 1 aromatic heterocycles. The first-order valence-corrected chi connectivity index (χ1v) is 6.68. The van der Waals surface area contributed by atoms with Gasteiger partial charge < -0.3 is 20.7 Å². The molecule has 0 aliphatic carbocycles. The van der Waals surface area contributed by atoms with Crippen molar-refractivity contribution in [3.05, 3.63) is 5.56 Å². The quantitative estimate of drug-likeness (QED) is 0.738. The first kappa shape index (κ1) is 15.2. The maximum absolute atomic E-state index is 11.8. The Balaban J connectivity index is 2.88. The molecule has 0 saturated carbocycles. The van der Waals surface area contributed by atoms with Gasteiger partial charge in [0.1, 0.15) is 10.6 Å². The van der Waals surface area contributed by atoms with Gasteiger partial charge in [-0.05, 0) is 25.4 Å². The number of amides is 1. The molecule has 0 bridgehead atoms. The zero-order valence-electron chi connectivity index (χ0n) is 11.2. The number of ether oxygens (including phenoxy) is 1. The normalized spacial score (nSPS) is 10.1.